The van der Waals surface area contributed by atoms with Gasteiger partial charge in [-0.3, -0.25) is 4.79 Å². The average molecular weight is 237 g/mol. The van der Waals surface area contributed by atoms with Crippen molar-refractivity contribution >= 4 is 18.3 Å². The lowest BCUT2D eigenvalue weighted by atomic mass is 9.92. The van der Waals surface area contributed by atoms with Gasteiger partial charge in [0, 0.05) is 25.8 Å². The maximum atomic E-state index is 11.7. The lowest BCUT2D eigenvalue weighted by molar-refractivity contribution is -0.130. The number of halogens is 1. The third-order valence-electron chi connectivity index (χ3n) is 2.68. The van der Waals surface area contributed by atoms with Gasteiger partial charge in [-0.25, -0.2) is 0 Å². The molecule has 90 valence electrons. The van der Waals surface area contributed by atoms with Crippen LogP contribution >= 0.6 is 12.4 Å². The van der Waals surface area contributed by atoms with Crippen LogP contribution in [0.3, 0.4) is 0 Å². The van der Waals surface area contributed by atoms with E-state index in [0.29, 0.717) is 6.54 Å². The van der Waals surface area contributed by atoms with Crippen molar-refractivity contribution in [3.8, 4) is 0 Å². The highest BCUT2D eigenvalue weighted by Gasteiger charge is 2.28. The number of ether oxygens (including phenoxy) is 1. The molecule has 15 heavy (non-hydrogen) atoms. The summed E-state index contributed by atoms with van der Waals surface area (Å²) in [7, 11) is 0. The number of hydrogen-bond donors (Lipinski definition) is 2. The summed E-state index contributed by atoms with van der Waals surface area (Å²) in [6, 6.07) is 0.266. The smallest absolute Gasteiger partial charge is 0.227 e. The third kappa shape index (κ3) is 4.36. The summed E-state index contributed by atoms with van der Waals surface area (Å²) in [4.78, 5) is 11.7. The number of hydrogen-bond acceptors (Lipinski definition) is 3. The van der Waals surface area contributed by atoms with Gasteiger partial charge in [-0.2, -0.15) is 0 Å². The largest absolute Gasteiger partial charge is 0.381 e. The molecular weight excluding hydrogens is 216 g/mol. The molecule has 0 aromatic rings. The molecule has 1 fully saturated rings. The molecule has 0 aliphatic carbocycles. The molecule has 1 aliphatic rings. The van der Waals surface area contributed by atoms with Gasteiger partial charge < -0.3 is 15.8 Å². The fourth-order valence-electron chi connectivity index (χ4n) is 1.32. The maximum Gasteiger partial charge on any atom is 0.227 e. The van der Waals surface area contributed by atoms with E-state index in [1.807, 2.05) is 13.8 Å². The molecule has 0 atom stereocenters. The number of carbonyl (C=O) groups is 1. The molecule has 4 nitrogen and oxygen atoms in total. The molecular formula is C10H21ClN2O2. The van der Waals surface area contributed by atoms with E-state index in [1.54, 1.807) is 0 Å². The van der Waals surface area contributed by atoms with Crippen molar-refractivity contribution in [3.63, 3.8) is 0 Å². The predicted octanol–water partition coefficient (Wildman–Crippen LogP) is 0.688. The maximum absolute atomic E-state index is 11.7. The Kier molecular flexibility index (Phi) is 6.17. The van der Waals surface area contributed by atoms with E-state index >= 15 is 0 Å². The average Bonchev–Trinajstić information content (AvgIpc) is 2.19. The van der Waals surface area contributed by atoms with Gasteiger partial charge in [0.1, 0.15) is 0 Å². The highest BCUT2D eigenvalue weighted by Crippen LogP contribution is 2.14. The van der Waals surface area contributed by atoms with E-state index in [1.165, 1.54) is 0 Å². The van der Waals surface area contributed by atoms with E-state index in [4.69, 9.17) is 10.5 Å². The van der Waals surface area contributed by atoms with E-state index < -0.39 is 5.41 Å². The van der Waals surface area contributed by atoms with E-state index in [2.05, 4.69) is 5.32 Å². The highest BCUT2D eigenvalue weighted by molar-refractivity contribution is 5.85. The van der Waals surface area contributed by atoms with Crippen molar-refractivity contribution in [2.24, 2.45) is 11.1 Å². The van der Waals surface area contributed by atoms with Crippen LogP contribution in [-0.4, -0.2) is 31.7 Å². The Morgan fingerprint density at radius 3 is 2.47 bits per heavy atom. The lowest BCUT2D eigenvalue weighted by Gasteiger charge is -2.28. The van der Waals surface area contributed by atoms with Crippen molar-refractivity contribution in [2.75, 3.05) is 19.8 Å². The zero-order chi connectivity index (χ0) is 10.6. The second-order valence-corrected chi connectivity index (χ2v) is 4.45. The summed E-state index contributed by atoms with van der Waals surface area (Å²) in [6.07, 6.45) is 1.82. The van der Waals surface area contributed by atoms with Gasteiger partial charge in [-0.15, -0.1) is 12.4 Å². The molecule has 1 heterocycles. The summed E-state index contributed by atoms with van der Waals surface area (Å²) in [5.74, 6) is 0.0481. The fraction of sp³-hybridized carbons (Fsp3) is 0.900. The second kappa shape index (κ2) is 6.30. The van der Waals surface area contributed by atoms with Crippen molar-refractivity contribution < 1.29 is 9.53 Å². The number of carbonyl (C=O) groups excluding carboxylic acids is 1. The minimum absolute atomic E-state index is 0. The summed E-state index contributed by atoms with van der Waals surface area (Å²) < 4.78 is 5.22. The molecule has 5 heteroatoms. The normalized spacial score (nSPS) is 18.1. The van der Waals surface area contributed by atoms with Gasteiger partial charge in [-0.05, 0) is 26.7 Å². The zero-order valence-electron chi connectivity index (χ0n) is 9.41. The molecule has 1 amide bonds. The molecule has 1 rings (SSSR count). The first kappa shape index (κ1) is 14.7. The molecule has 0 radical (unpaired) electrons. The van der Waals surface area contributed by atoms with E-state index in [0.717, 1.165) is 26.1 Å². The summed E-state index contributed by atoms with van der Waals surface area (Å²) in [6.45, 7) is 5.59. The molecule has 0 bridgehead atoms. The predicted molar refractivity (Wildman–Crippen MR) is 62.1 cm³/mol. The van der Waals surface area contributed by atoms with Crippen LogP contribution in [0, 0.1) is 5.41 Å². The number of rotatable bonds is 3. The van der Waals surface area contributed by atoms with Gasteiger partial charge in [0.05, 0.1) is 5.41 Å². The first-order valence-corrected chi connectivity index (χ1v) is 5.15. The van der Waals surface area contributed by atoms with E-state index in [-0.39, 0.29) is 24.4 Å². The topological polar surface area (TPSA) is 64.4 Å². The van der Waals surface area contributed by atoms with Crippen LogP contribution in [0.4, 0.5) is 0 Å². The van der Waals surface area contributed by atoms with Crippen molar-refractivity contribution in [1.82, 2.24) is 5.32 Å². The van der Waals surface area contributed by atoms with E-state index in [9.17, 15) is 4.79 Å². The monoisotopic (exact) mass is 236 g/mol. The van der Waals surface area contributed by atoms with Crippen LogP contribution < -0.4 is 11.1 Å². The first-order valence-electron chi connectivity index (χ1n) is 5.15. The number of nitrogens with one attached hydrogen (secondary N) is 1. The third-order valence-corrected chi connectivity index (χ3v) is 2.68. The molecule has 3 N–H and O–H groups in total. The SMILES string of the molecule is CC(C)(CN)C(=O)NC1CCOCC1.Cl. The Hall–Kier alpha value is -0.320. The highest BCUT2D eigenvalue weighted by atomic mass is 35.5. The molecule has 0 spiro atoms. The molecule has 1 aliphatic heterocycles. The quantitative estimate of drug-likeness (QED) is 0.758. The Morgan fingerprint density at radius 1 is 1.47 bits per heavy atom. The molecule has 0 aromatic carbocycles. The Balaban J connectivity index is 0.00000196. The molecule has 0 aromatic heterocycles. The summed E-state index contributed by atoms with van der Waals surface area (Å²) >= 11 is 0. The molecule has 1 saturated heterocycles. The second-order valence-electron chi connectivity index (χ2n) is 4.45. The van der Waals surface area contributed by atoms with Gasteiger partial charge in [0.15, 0.2) is 0 Å². The van der Waals surface area contributed by atoms with Crippen LogP contribution in [0.25, 0.3) is 0 Å². The Morgan fingerprint density at radius 2 is 2.00 bits per heavy atom. The Bertz CT molecular complexity index is 204. The van der Waals surface area contributed by atoms with Crippen LogP contribution in [0.15, 0.2) is 0 Å². The minimum Gasteiger partial charge on any atom is -0.381 e. The number of nitrogens with two attached hydrogens (primary N) is 1. The van der Waals surface area contributed by atoms with Crippen molar-refractivity contribution in [2.45, 2.75) is 32.7 Å². The van der Waals surface area contributed by atoms with Gasteiger partial charge in [-0.1, -0.05) is 0 Å². The van der Waals surface area contributed by atoms with Gasteiger partial charge >= 0.3 is 0 Å². The van der Waals surface area contributed by atoms with Crippen LogP contribution in [0.1, 0.15) is 26.7 Å². The minimum atomic E-state index is -0.460. The van der Waals surface area contributed by atoms with Crippen LogP contribution in [-0.2, 0) is 9.53 Å². The standard InChI is InChI=1S/C10H20N2O2.ClH/c1-10(2,7-11)9(13)12-8-3-5-14-6-4-8;/h8H,3-7,11H2,1-2H3,(H,12,13);1H. The Labute approximate surface area is 97.3 Å². The zero-order valence-corrected chi connectivity index (χ0v) is 10.2. The summed E-state index contributed by atoms with van der Waals surface area (Å²) in [5, 5.41) is 3.01. The van der Waals surface area contributed by atoms with Gasteiger partial charge in [0.25, 0.3) is 0 Å². The van der Waals surface area contributed by atoms with Gasteiger partial charge in [0.2, 0.25) is 5.91 Å². The van der Waals surface area contributed by atoms with Crippen LogP contribution in [0.2, 0.25) is 0 Å². The first-order chi connectivity index (χ1) is 6.56. The molecule has 0 saturated carbocycles. The van der Waals surface area contributed by atoms with Crippen LogP contribution in [0.5, 0.6) is 0 Å². The molecule has 0 unspecified atom stereocenters. The van der Waals surface area contributed by atoms with Crippen molar-refractivity contribution in [1.29, 1.82) is 0 Å². The fourth-order valence-corrected chi connectivity index (χ4v) is 1.32. The lowest BCUT2D eigenvalue weighted by Crippen LogP contribution is -2.47. The number of amides is 1. The summed E-state index contributed by atoms with van der Waals surface area (Å²) in [5.41, 5.74) is 5.07. The van der Waals surface area contributed by atoms with Crippen molar-refractivity contribution in [3.05, 3.63) is 0 Å².